The molecule has 3 aromatic rings. The second-order valence-corrected chi connectivity index (χ2v) is 7.66. The van der Waals surface area contributed by atoms with Gasteiger partial charge in [-0.15, -0.1) is 12.3 Å². The van der Waals surface area contributed by atoms with E-state index in [1.165, 1.54) is 18.1 Å². The first kappa shape index (κ1) is 22.4. The Kier molecular flexibility index (Phi) is 8.12. The summed E-state index contributed by atoms with van der Waals surface area (Å²) in [7, 11) is 0. The van der Waals surface area contributed by atoms with Gasteiger partial charge in [-0.1, -0.05) is 17.8 Å². The van der Waals surface area contributed by atoms with Crippen molar-refractivity contribution in [3.05, 3.63) is 30.6 Å². The fourth-order valence-corrected chi connectivity index (χ4v) is 3.88. The van der Waals surface area contributed by atoms with Crippen molar-refractivity contribution in [3.63, 3.8) is 0 Å². The number of hydrogen-bond acceptors (Lipinski definition) is 8. The third-order valence-electron chi connectivity index (χ3n) is 4.34. The Balaban J connectivity index is 1.71. The molecule has 0 fully saturated rings. The van der Waals surface area contributed by atoms with Crippen molar-refractivity contribution in [3.8, 4) is 18.1 Å². The summed E-state index contributed by atoms with van der Waals surface area (Å²) in [5.74, 6) is 3.53. The predicted octanol–water partition coefficient (Wildman–Crippen LogP) is 3.70. The fraction of sp³-hybridized carbons (Fsp3) is 0.364. The number of esters is 1. The summed E-state index contributed by atoms with van der Waals surface area (Å²) in [6.07, 6.45) is 9.25. The quantitative estimate of drug-likeness (QED) is 0.274. The van der Waals surface area contributed by atoms with E-state index in [0.717, 1.165) is 22.2 Å². The molecule has 0 saturated carbocycles. The van der Waals surface area contributed by atoms with Crippen LogP contribution in [0.1, 0.15) is 32.6 Å². The number of terminal acetylenes is 1. The van der Waals surface area contributed by atoms with Crippen LogP contribution in [0.15, 0.2) is 40.6 Å². The summed E-state index contributed by atoms with van der Waals surface area (Å²) in [6.45, 7) is 3.30. The van der Waals surface area contributed by atoms with Gasteiger partial charge in [-0.3, -0.25) is 4.79 Å². The monoisotopic (exact) mass is 439 g/mol. The lowest BCUT2D eigenvalue weighted by Crippen LogP contribution is -2.06. The Morgan fingerprint density at radius 3 is 3.00 bits per heavy atom. The average Bonchev–Trinajstić information content (AvgIpc) is 3.10. The minimum atomic E-state index is -0.207. The maximum Gasteiger partial charge on any atom is 0.305 e. The molecular formula is C22H25N5O3S. The largest absolute Gasteiger partial charge is 0.494 e. The van der Waals surface area contributed by atoms with Crippen LogP contribution in [0.25, 0.3) is 11.2 Å². The second kappa shape index (κ2) is 11.2. The van der Waals surface area contributed by atoms with Crippen LogP contribution in [0.3, 0.4) is 0 Å². The third-order valence-corrected chi connectivity index (χ3v) is 5.33. The molecule has 0 aliphatic rings. The third kappa shape index (κ3) is 6.12. The number of unbranched alkanes of at least 4 members (excludes halogenated alkanes) is 1. The van der Waals surface area contributed by atoms with Crippen molar-refractivity contribution in [1.29, 1.82) is 0 Å². The number of carbonyl (C=O) groups is 1. The van der Waals surface area contributed by atoms with Crippen LogP contribution in [0.4, 0.5) is 5.82 Å². The zero-order valence-corrected chi connectivity index (χ0v) is 18.2. The van der Waals surface area contributed by atoms with E-state index in [4.69, 9.17) is 21.6 Å². The number of carbonyl (C=O) groups excluding carboxylic acids is 1. The van der Waals surface area contributed by atoms with Crippen LogP contribution in [0.2, 0.25) is 0 Å². The SMILES string of the molecule is C#CCCCn1c(Sc2cccc(OCCCC(=O)OCC)c2)nc2c(N)ncnc21. The Morgan fingerprint density at radius 1 is 1.32 bits per heavy atom. The van der Waals surface area contributed by atoms with Crippen molar-refractivity contribution in [2.45, 2.75) is 49.2 Å². The predicted molar refractivity (Wildman–Crippen MR) is 120 cm³/mol. The van der Waals surface area contributed by atoms with Gasteiger partial charge in [0, 0.05) is 24.3 Å². The maximum absolute atomic E-state index is 11.4. The molecule has 2 heterocycles. The first-order valence-electron chi connectivity index (χ1n) is 10.1. The van der Waals surface area contributed by atoms with Crippen LogP contribution in [-0.2, 0) is 16.1 Å². The molecule has 0 spiro atoms. The molecule has 0 atom stereocenters. The molecule has 8 nitrogen and oxygen atoms in total. The van der Waals surface area contributed by atoms with Crippen molar-refractivity contribution < 1.29 is 14.3 Å². The van der Waals surface area contributed by atoms with E-state index in [-0.39, 0.29) is 5.97 Å². The summed E-state index contributed by atoms with van der Waals surface area (Å²) in [6, 6.07) is 7.72. The van der Waals surface area contributed by atoms with E-state index < -0.39 is 0 Å². The van der Waals surface area contributed by atoms with E-state index in [1.807, 2.05) is 28.8 Å². The van der Waals surface area contributed by atoms with E-state index in [9.17, 15) is 4.79 Å². The summed E-state index contributed by atoms with van der Waals surface area (Å²) >= 11 is 1.49. The molecule has 0 aliphatic carbocycles. The van der Waals surface area contributed by atoms with Crippen LogP contribution in [0, 0.1) is 12.3 Å². The molecule has 0 saturated heterocycles. The standard InChI is InChI=1S/C22H25N5O3S/c1-3-5-6-12-27-21-19(20(23)24-15-25-21)26-22(27)31-17-10-7-9-16(14-17)30-13-8-11-18(28)29-4-2/h1,7,9-10,14-15H,4-6,8,11-13H2,2H3,(H2,23,24,25). The number of benzene rings is 1. The molecule has 2 N–H and O–H groups in total. The average molecular weight is 440 g/mol. The molecule has 162 valence electrons. The molecule has 3 rings (SSSR count). The normalized spacial score (nSPS) is 10.7. The number of nitrogen functional groups attached to an aromatic ring is 1. The number of anilines is 1. The van der Waals surface area contributed by atoms with Crippen LogP contribution < -0.4 is 10.5 Å². The Labute approximate surface area is 185 Å². The summed E-state index contributed by atoms with van der Waals surface area (Å²) in [5, 5.41) is 0.763. The molecular weight excluding hydrogens is 414 g/mol. The van der Waals surface area contributed by atoms with E-state index in [2.05, 4.69) is 20.9 Å². The molecule has 0 radical (unpaired) electrons. The molecule has 1 aromatic carbocycles. The number of rotatable bonds is 11. The zero-order valence-electron chi connectivity index (χ0n) is 17.4. The first-order chi connectivity index (χ1) is 15.1. The topological polar surface area (TPSA) is 105 Å². The maximum atomic E-state index is 11.4. The van der Waals surface area contributed by atoms with Gasteiger partial charge >= 0.3 is 5.97 Å². The van der Waals surface area contributed by atoms with Crippen molar-refractivity contribution in [2.24, 2.45) is 0 Å². The minimum Gasteiger partial charge on any atom is -0.494 e. The van der Waals surface area contributed by atoms with Gasteiger partial charge in [-0.05, 0) is 38.0 Å². The van der Waals surface area contributed by atoms with Gasteiger partial charge in [0.15, 0.2) is 22.1 Å². The van der Waals surface area contributed by atoms with Gasteiger partial charge in [-0.25, -0.2) is 15.0 Å². The minimum absolute atomic E-state index is 0.207. The smallest absolute Gasteiger partial charge is 0.305 e. The lowest BCUT2D eigenvalue weighted by molar-refractivity contribution is -0.143. The zero-order chi connectivity index (χ0) is 22.1. The van der Waals surface area contributed by atoms with Gasteiger partial charge < -0.3 is 19.8 Å². The number of nitrogens with zero attached hydrogens (tertiary/aromatic N) is 4. The lowest BCUT2D eigenvalue weighted by Gasteiger charge is -2.09. The molecule has 0 unspecified atom stereocenters. The second-order valence-electron chi connectivity index (χ2n) is 6.62. The van der Waals surface area contributed by atoms with Crippen molar-refractivity contribution in [2.75, 3.05) is 18.9 Å². The summed E-state index contributed by atoms with van der Waals surface area (Å²) in [5.41, 5.74) is 7.27. The van der Waals surface area contributed by atoms with Gasteiger partial charge in [0.25, 0.3) is 0 Å². The summed E-state index contributed by atoms with van der Waals surface area (Å²) in [4.78, 5) is 25.4. The Bertz CT molecular complexity index is 1080. The molecule has 31 heavy (non-hydrogen) atoms. The van der Waals surface area contributed by atoms with E-state index >= 15 is 0 Å². The van der Waals surface area contributed by atoms with E-state index in [1.54, 1.807) is 6.92 Å². The molecule has 9 heteroatoms. The molecule has 0 amide bonds. The highest BCUT2D eigenvalue weighted by Gasteiger charge is 2.16. The lowest BCUT2D eigenvalue weighted by atomic mass is 10.3. The van der Waals surface area contributed by atoms with Crippen LogP contribution in [0.5, 0.6) is 5.75 Å². The fourth-order valence-electron chi connectivity index (χ4n) is 2.93. The number of hydrogen-bond donors (Lipinski definition) is 1. The number of ether oxygens (including phenoxy) is 2. The number of imidazole rings is 1. The Morgan fingerprint density at radius 2 is 2.19 bits per heavy atom. The number of nitrogens with two attached hydrogens (primary N) is 1. The molecule has 0 bridgehead atoms. The van der Waals surface area contributed by atoms with Crippen molar-refractivity contribution >= 4 is 34.7 Å². The Hall–Kier alpha value is -3.25. The van der Waals surface area contributed by atoms with Crippen LogP contribution in [-0.4, -0.2) is 38.7 Å². The number of fused-ring (bicyclic) bond motifs is 1. The highest BCUT2D eigenvalue weighted by atomic mass is 32.2. The van der Waals surface area contributed by atoms with E-state index in [0.29, 0.717) is 56.0 Å². The van der Waals surface area contributed by atoms with Crippen LogP contribution >= 0.6 is 11.8 Å². The first-order valence-corrected chi connectivity index (χ1v) is 10.9. The number of aryl methyl sites for hydroxylation is 1. The highest BCUT2D eigenvalue weighted by Crippen LogP contribution is 2.32. The molecule has 0 aliphatic heterocycles. The number of aromatic nitrogens is 4. The summed E-state index contributed by atoms with van der Waals surface area (Å²) < 4.78 is 12.7. The van der Waals surface area contributed by atoms with Gasteiger partial charge in [0.2, 0.25) is 0 Å². The highest BCUT2D eigenvalue weighted by molar-refractivity contribution is 7.99. The van der Waals surface area contributed by atoms with Crippen molar-refractivity contribution in [1.82, 2.24) is 19.5 Å². The van der Waals surface area contributed by atoms with Gasteiger partial charge in [0.05, 0.1) is 13.2 Å². The van der Waals surface area contributed by atoms with Gasteiger partial charge in [0.1, 0.15) is 12.1 Å². The molecule has 2 aromatic heterocycles. The van der Waals surface area contributed by atoms with Gasteiger partial charge in [-0.2, -0.15) is 0 Å².